The fraction of sp³-hybridized carbons (Fsp3) is 0.933. The van der Waals surface area contributed by atoms with Gasteiger partial charge in [0.2, 0.25) is 0 Å². The van der Waals surface area contributed by atoms with Crippen LogP contribution in [0.5, 0.6) is 0 Å². The number of methoxy groups -OCH3 is 3. The molecule has 1 saturated carbocycles. The average Bonchev–Trinajstić information content (AvgIpc) is 2.97. The van der Waals surface area contributed by atoms with Crippen molar-refractivity contribution in [1.29, 1.82) is 0 Å². The molecule has 1 saturated heterocycles. The molecule has 1 aliphatic heterocycles. The van der Waals surface area contributed by atoms with E-state index < -0.39 is 5.54 Å². The van der Waals surface area contributed by atoms with Crippen molar-refractivity contribution in [3.8, 4) is 0 Å². The number of hydrogen-bond donors (Lipinski definition) is 1. The Hall–Kier alpha value is -0.690. The molecule has 0 aromatic heterocycles. The fourth-order valence-corrected chi connectivity index (χ4v) is 3.79. The lowest BCUT2D eigenvalue weighted by molar-refractivity contribution is -0.151. The number of carbonyl (C=O) groups is 1. The van der Waals surface area contributed by atoms with Gasteiger partial charge < -0.3 is 19.5 Å². The van der Waals surface area contributed by atoms with Crippen LogP contribution >= 0.6 is 0 Å². The Morgan fingerprint density at radius 2 is 1.81 bits per heavy atom. The highest BCUT2D eigenvalue weighted by Gasteiger charge is 2.46. The first-order chi connectivity index (χ1) is 10.1. The van der Waals surface area contributed by atoms with Crippen molar-refractivity contribution in [2.75, 3.05) is 41.5 Å². The van der Waals surface area contributed by atoms with Crippen LogP contribution in [0.1, 0.15) is 25.7 Å². The molecule has 1 N–H and O–H groups in total. The Kier molecular flexibility index (Phi) is 5.60. The van der Waals surface area contributed by atoms with Crippen LogP contribution in [0.3, 0.4) is 0 Å². The molecule has 2 rings (SSSR count). The third-order valence-electron chi connectivity index (χ3n) is 5.15. The lowest BCUT2D eigenvalue weighted by Crippen LogP contribution is -2.57. The summed E-state index contributed by atoms with van der Waals surface area (Å²) in [5.41, 5.74) is -0.550. The molecule has 0 amide bonds. The van der Waals surface area contributed by atoms with Gasteiger partial charge in [0, 0.05) is 33.4 Å². The molecule has 4 unspecified atom stereocenters. The summed E-state index contributed by atoms with van der Waals surface area (Å²) in [5, 5.41) is 3.21. The van der Waals surface area contributed by atoms with Gasteiger partial charge in [-0.1, -0.05) is 0 Å². The minimum absolute atomic E-state index is 0.110. The first-order valence-corrected chi connectivity index (χ1v) is 7.67. The monoisotopic (exact) mass is 300 g/mol. The minimum atomic E-state index is -0.550. The molecule has 1 heterocycles. The van der Waals surface area contributed by atoms with Gasteiger partial charge in [-0.05, 0) is 32.7 Å². The number of nitrogens with zero attached hydrogens (tertiary/aromatic N) is 1. The van der Waals surface area contributed by atoms with E-state index in [1.54, 1.807) is 14.2 Å². The maximum Gasteiger partial charge on any atom is 0.326 e. The molecule has 21 heavy (non-hydrogen) atoms. The van der Waals surface area contributed by atoms with Crippen molar-refractivity contribution in [3.05, 3.63) is 0 Å². The third-order valence-corrected chi connectivity index (χ3v) is 5.15. The summed E-state index contributed by atoms with van der Waals surface area (Å²) in [6, 6.07) is 0.364. The van der Waals surface area contributed by atoms with E-state index in [9.17, 15) is 4.79 Å². The summed E-state index contributed by atoms with van der Waals surface area (Å²) in [6.45, 7) is 1.72. The number of hydrogen-bond acceptors (Lipinski definition) is 6. The number of esters is 1. The fourth-order valence-electron chi connectivity index (χ4n) is 3.79. The van der Waals surface area contributed by atoms with Crippen LogP contribution in [0, 0.1) is 0 Å². The molecule has 0 spiro atoms. The van der Waals surface area contributed by atoms with Gasteiger partial charge in [-0.3, -0.25) is 9.69 Å². The van der Waals surface area contributed by atoms with Crippen molar-refractivity contribution < 1.29 is 19.0 Å². The van der Waals surface area contributed by atoms with E-state index in [1.165, 1.54) is 7.11 Å². The largest absolute Gasteiger partial charge is 0.468 e. The van der Waals surface area contributed by atoms with Gasteiger partial charge in [-0.25, -0.2) is 0 Å². The van der Waals surface area contributed by atoms with E-state index in [4.69, 9.17) is 14.2 Å². The Morgan fingerprint density at radius 1 is 1.19 bits per heavy atom. The maximum atomic E-state index is 12.2. The Morgan fingerprint density at radius 3 is 2.29 bits per heavy atom. The molecule has 2 aliphatic rings. The van der Waals surface area contributed by atoms with Gasteiger partial charge in [-0.2, -0.15) is 0 Å². The highest BCUT2D eigenvalue weighted by atomic mass is 16.5. The summed E-state index contributed by atoms with van der Waals surface area (Å²) in [7, 11) is 6.77. The number of likely N-dealkylation sites (N-methyl/N-ethyl adjacent to an activating group) is 1. The predicted molar refractivity (Wildman–Crippen MR) is 79.2 cm³/mol. The lowest BCUT2D eigenvalue weighted by atomic mass is 9.78. The van der Waals surface area contributed by atoms with Gasteiger partial charge in [0.05, 0.1) is 19.3 Å². The Labute approximate surface area is 127 Å². The normalized spacial score (nSPS) is 37.6. The Balaban J connectivity index is 2.06. The number of ether oxygens (including phenoxy) is 3. The molecule has 0 bridgehead atoms. The second-order valence-electron chi connectivity index (χ2n) is 6.08. The second-order valence-corrected chi connectivity index (χ2v) is 6.08. The molecule has 0 radical (unpaired) electrons. The summed E-state index contributed by atoms with van der Waals surface area (Å²) in [4.78, 5) is 14.6. The van der Waals surface area contributed by atoms with E-state index in [1.807, 2.05) is 7.05 Å². The topological polar surface area (TPSA) is 60.0 Å². The molecule has 0 aromatic carbocycles. The van der Waals surface area contributed by atoms with Gasteiger partial charge in [0.15, 0.2) is 0 Å². The summed E-state index contributed by atoms with van der Waals surface area (Å²) < 4.78 is 16.0. The van der Waals surface area contributed by atoms with Crippen LogP contribution in [-0.2, 0) is 19.0 Å². The maximum absolute atomic E-state index is 12.2. The van der Waals surface area contributed by atoms with Crippen LogP contribution in [0.25, 0.3) is 0 Å². The summed E-state index contributed by atoms with van der Waals surface area (Å²) in [5.74, 6) is -0.152. The molecular weight excluding hydrogens is 272 g/mol. The molecule has 1 aliphatic carbocycles. The highest BCUT2D eigenvalue weighted by Crippen LogP contribution is 2.34. The van der Waals surface area contributed by atoms with Gasteiger partial charge in [0.1, 0.15) is 5.54 Å². The zero-order chi connectivity index (χ0) is 15.5. The number of likely N-dealkylation sites (tertiary alicyclic amines) is 1. The van der Waals surface area contributed by atoms with Crippen LogP contribution in [0.15, 0.2) is 0 Å². The van der Waals surface area contributed by atoms with Gasteiger partial charge >= 0.3 is 5.97 Å². The smallest absolute Gasteiger partial charge is 0.326 e. The van der Waals surface area contributed by atoms with E-state index in [0.29, 0.717) is 6.04 Å². The van der Waals surface area contributed by atoms with E-state index in [0.717, 1.165) is 38.8 Å². The van der Waals surface area contributed by atoms with Crippen LogP contribution in [0.4, 0.5) is 0 Å². The molecular formula is C15H28N2O4. The summed E-state index contributed by atoms with van der Waals surface area (Å²) in [6.07, 6.45) is 3.96. The quantitative estimate of drug-likeness (QED) is 0.742. The highest BCUT2D eigenvalue weighted by molar-refractivity contribution is 5.81. The standard InChI is InChI=1S/C15H28N2O4/c1-16-15(14(18)21-4)7-5-6-11(8-15)17-9-12(19-2)13(10-17)20-3/h11-13,16H,5-10H2,1-4H3. The van der Waals surface area contributed by atoms with E-state index >= 15 is 0 Å². The first kappa shape index (κ1) is 16.7. The number of carbonyl (C=O) groups excluding carboxylic acids is 1. The second kappa shape index (κ2) is 7.05. The molecule has 122 valence electrons. The third kappa shape index (κ3) is 3.23. The molecule has 6 nitrogen and oxygen atoms in total. The van der Waals surface area contributed by atoms with E-state index in [2.05, 4.69) is 10.2 Å². The van der Waals surface area contributed by atoms with Crippen molar-refractivity contribution >= 4 is 5.97 Å². The van der Waals surface area contributed by atoms with E-state index in [-0.39, 0.29) is 18.2 Å². The minimum Gasteiger partial charge on any atom is -0.468 e. The molecule has 6 heteroatoms. The zero-order valence-corrected chi connectivity index (χ0v) is 13.6. The van der Waals surface area contributed by atoms with Crippen molar-refractivity contribution in [2.24, 2.45) is 0 Å². The molecule has 2 fully saturated rings. The van der Waals surface area contributed by atoms with Crippen LogP contribution in [0.2, 0.25) is 0 Å². The zero-order valence-electron chi connectivity index (χ0n) is 13.6. The van der Waals surface area contributed by atoms with Gasteiger partial charge in [-0.15, -0.1) is 0 Å². The Bertz CT molecular complexity index is 354. The number of nitrogens with one attached hydrogen (secondary N) is 1. The SMILES string of the molecule is CNC1(C(=O)OC)CCCC(N2CC(OC)C(OC)C2)C1. The van der Waals surface area contributed by atoms with Crippen LogP contribution in [-0.4, -0.2) is 76.1 Å². The first-order valence-electron chi connectivity index (χ1n) is 7.67. The van der Waals surface area contributed by atoms with Crippen molar-refractivity contribution in [2.45, 2.75) is 49.5 Å². The molecule has 0 aromatic rings. The lowest BCUT2D eigenvalue weighted by Gasteiger charge is -2.41. The van der Waals surface area contributed by atoms with Crippen molar-refractivity contribution in [1.82, 2.24) is 10.2 Å². The van der Waals surface area contributed by atoms with Crippen molar-refractivity contribution in [3.63, 3.8) is 0 Å². The average molecular weight is 300 g/mol. The molecule has 4 atom stereocenters. The van der Waals surface area contributed by atoms with Gasteiger partial charge in [0.25, 0.3) is 0 Å². The van der Waals surface area contributed by atoms with Crippen LogP contribution < -0.4 is 5.32 Å². The predicted octanol–water partition coefficient (Wildman–Crippen LogP) is 0.406. The number of rotatable bonds is 5. The summed E-state index contributed by atoms with van der Waals surface area (Å²) >= 11 is 0.